The van der Waals surface area contributed by atoms with Gasteiger partial charge in [-0.2, -0.15) is 0 Å². The summed E-state index contributed by atoms with van der Waals surface area (Å²) in [6.45, 7) is 9.54. The molecular formula is C18H29NO2. The van der Waals surface area contributed by atoms with Crippen LogP contribution in [0, 0.1) is 0 Å². The third-order valence-corrected chi connectivity index (χ3v) is 3.28. The van der Waals surface area contributed by atoms with Crippen molar-refractivity contribution >= 4 is 0 Å². The molecule has 0 atom stereocenters. The van der Waals surface area contributed by atoms with Gasteiger partial charge in [-0.05, 0) is 31.7 Å². The van der Waals surface area contributed by atoms with E-state index in [9.17, 15) is 0 Å². The topological polar surface area (TPSA) is 30.5 Å². The average molecular weight is 291 g/mol. The highest BCUT2D eigenvalue weighted by Gasteiger charge is 2.10. The molecule has 1 N–H and O–H groups in total. The molecule has 3 heteroatoms. The molecule has 1 aromatic carbocycles. The fourth-order valence-electron chi connectivity index (χ4n) is 2.08. The number of nitrogens with one attached hydrogen (secondary N) is 1. The van der Waals surface area contributed by atoms with Crippen LogP contribution in [0.25, 0.3) is 0 Å². The fraction of sp³-hybridized carbons (Fsp3) is 0.556. The normalized spacial score (nSPS) is 10.7. The van der Waals surface area contributed by atoms with Crippen LogP contribution in [0.1, 0.15) is 45.1 Å². The fourth-order valence-corrected chi connectivity index (χ4v) is 2.08. The number of benzene rings is 1. The monoisotopic (exact) mass is 291 g/mol. The van der Waals surface area contributed by atoms with E-state index in [1.54, 1.807) is 7.11 Å². The Kier molecular flexibility index (Phi) is 8.60. The second kappa shape index (κ2) is 10.3. The van der Waals surface area contributed by atoms with Crippen LogP contribution in [-0.4, -0.2) is 19.8 Å². The minimum atomic E-state index is 0.447. The van der Waals surface area contributed by atoms with Gasteiger partial charge >= 0.3 is 0 Å². The third kappa shape index (κ3) is 6.67. The van der Waals surface area contributed by atoms with E-state index in [4.69, 9.17) is 9.47 Å². The molecule has 0 spiro atoms. The van der Waals surface area contributed by atoms with Gasteiger partial charge in [0.05, 0.1) is 13.7 Å². The van der Waals surface area contributed by atoms with Crippen molar-refractivity contribution in [3.63, 3.8) is 0 Å². The molecule has 118 valence electrons. The van der Waals surface area contributed by atoms with Gasteiger partial charge < -0.3 is 14.8 Å². The minimum Gasteiger partial charge on any atom is -0.493 e. The maximum Gasteiger partial charge on any atom is 0.165 e. The molecule has 0 aromatic heterocycles. The Morgan fingerprint density at radius 1 is 1.24 bits per heavy atom. The van der Waals surface area contributed by atoms with Gasteiger partial charge in [0.15, 0.2) is 11.5 Å². The van der Waals surface area contributed by atoms with Crippen LogP contribution < -0.4 is 14.8 Å². The van der Waals surface area contributed by atoms with Crippen molar-refractivity contribution in [3.05, 3.63) is 36.4 Å². The van der Waals surface area contributed by atoms with Crippen LogP contribution in [0.5, 0.6) is 11.5 Å². The molecule has 21 heavy (non-hydrogen) atoms. The quantitative estimate of drug-likeness (QED) is 0.486. The lowest BCUT2D eigenvalue weighted by molar-refractivity contribution is 0.281. The van der Waals surface area contributed by atoms with Crippen molar-refractivity contribution < 1.29 is 9.47 Å². The zero-order valence-electron chi connectivity index (χ0n) is 13.7. The first kappa shape index (κ1) is 17.6. The average Bonchev–Trinajstić information content (AvgIpc) is 2.49. The molecule has 0 radical (unpaired) electrons. The van der Waals surface area contributed by atoms with Crippen molar-refractivity contribution in [2.75, 3.05) is 13.7 Å². The molecule has 3 nitrogen and oxygen atoms in total. The number of ether oxygens (including phenoxy) is 2. The number of hydrogen-bond acceptors (Lipinski definition) is 3. The van der Waals surface area contributed by atoms with Gasteiger partial charge in [0.1, 0.15) is 0 Å². The lowest BCUT2D eigenvalue weighted by Crippen LogP contribution is -2.22. The molecule has 1 rings (SSSR count). The molecule has 0 aliphatic carbocycles. The summed E-state index contributed by atoms with van der Waals surface area (Å²) in [5, 5.41) is 3.43. The Bertz CT molecular complexity index is 416. The van der Waals surface area contributed by atoms with Crippen LogP contribution in [0.15, 0.2) is 30.9 Å². The predicted molar refractivity (Wildman–Crippen MR) is 89.1 cm³/mol. The van der Waals surface area contributed by atoms with E-state index < -0.39 is 0 Å². The number of methoxy groups -OCH3 is 1. The summed E-state index contributed by atoms with van der Waals surface area (Å²) in [5.41, 5.74) is 1.15. The van der Waals surface area contributed by atoms with Gasteiger partial charge in [-0.25, -0.2) is 0 Å². The predicted octanol–water partition coefficient (Wildman–Crippen LogP) is 4.32. The second-order valence-corrected chi connectivity index (χ2v) is 5.47. The van der Waals surface area contributed by atoms with E-state index >= 15 is 0 Å². The van der Waals surface area contributed by atoms with Crippen molar-refractivity contribution in [2.24, 2.45) is 0 Å². The Balaban J connectivity index is 2.57. The van der Waals surface area contributed by atoms with Crippen LogP contribution >= 0.6 is 0 Å². The SMILES string of the molecule is C=CCCCCCOc1c(CNC(C)C)cccc1OC. The standard InChI is InChI=1S/C18H29NO2/c1-5-6-7-8-9-13-21-18-16(14-19-15(2)3)11-10-12-17(18)20-4/h5,10-12,15,19H,1,6-9,13-14H2,2-4H3. The lowest BCUT2D eigenvalue weighted by Gasteiger charge is -2.16. The first-order valence-electron chi connectivity index (χ1n) is 7.82. The number of para-hydroxylation sites is 1. The van der Waals surface area contributed by atoms with Crippen LogP contribution in [0.2, 0.25) is 0 Å². The van der Waals surface area contributed by atoms with Gasteiger partial charge in [0.25, 0.3) is 0 Å². The summed E-state index contributed by atoms with van der Waals surface area (Å²) in [4.78, 5) is 0. The first-order valence-corrected chi connectivity index (χ1v) is 7.82. The van der Waals surface area contributed by atoms with E-state index in [1.807, 2.05) is 18.2 Å². The van der Waals surface area contributed by atoms with E-state index in [0.717, 1.165) is 43.1 Å². The molecule has 0 fully saturated rings. The molecule has 0 amide bonds. The minimum absolute atomic E-state index is 0.447. The largest absolute Gasteiger partial charge is 0.493 e. The maximum absolute atomic E-state index is 5.98. The first-order chi connectivity index (χ1) is 10.2. The summed E-state index contributed by atoms with van der Waals surface area (Å²) in [7, 11) is 1.69. The molecule has 0 saturated heterocycles. The number of hydrogen-bond donors (Lipinski definition) is 1. The molecule has 0 aliphatic heterocycles. The Morgan fingerprint density at radius 2 is 2.05 bits per heavy atom. The highest BCUT2D eigenvalue weighted by Crippen LogP contribution is 2.31. The highest BCUT2D eigenvalue weighted by molar-refractivity contribution is 5.46. The number of rotatable bonds is 11. The Morgan fingerprint density at radius 3 is 2.71 bits per heavy atom. The van der Waals surface area contributed by atoms with E-state index in [0.29, 0.717) is 6.04 Å². The lowest BCUT2D eigenvalue weighted by atomic mass is 10.1. The molecule has 1 aromatic rings. The van der Waals surface area contributed by atoms with E-state index in [2.05, 4.69) is 31.8 Å². The Hall–Kier alpha value is -1.48. The van der Waals surface area contributed by atoms with Crippen LogP contribution in [0.4, 0.5) is 0 Å². The molecule has 0 unspecified atom stereocenters. The smallest absolute Gasteiger partial charge is 0.165 e. The summed E-state index contributed by atoms with van der Waals surface area (Å²) >= 11 is 0. The molecule has 0 aliphatic rings. The molecular weight excluding hydrogens is 262 g/mol. The number of allylic oxidation sites excluding steroid dienone is 1. The van der Waals surface area contributed by atoms with Gasteiger partial charge in [-0.3, -0.25) is 0 Å². The highest BCUT2D eigenvalue weighted by atomic mass is 16.5. The molecule has 0 saturated carbocycles. The van der Waals surface area contributed by atoms with Gasteiger partial charge in [-0.15, -0.1) is 6.58 Å². The zero-order valence-corrected chi connectivity index (χ0v) is 13.7. The zero-order chi connectivity index (χ0) is 15.5. The number of unbranched alkanes of at least 4 members (excludes halogenated alkanes) is 3. The van der Waals surface area contributed by atoms with Gasteiger partial charge in [-0.1, -0.05) is 32.1 Å². The molecule has 0 bridgehead atoms. The van der Waals surface area contributed by atoms with Crippen molar-refractivity contribution in [1.82, 2.24) is 5.32 Å². The maximum atomic E-state index is 5.98. The molecule has 0 heterocycles. The Labute approximate surface area is 129 Å². The van der Waals surface area contributed by atoms with Gasteiger partial charge in [0.2, 0.25) is 0 Å². The summed E-state index contributed by atoms with van der Waals surface area (Å²) < 4.78 is 11.4. The van der Waals surface area contributed by atoms with Crippen molar-refractivity contribution in [2.45, 2.75) is 52.1 Å². The summed E-state index contributed by atoms with van der Waals surface area (Å²) in [6.07, 6.45) is 6.46. The van der Waals surface area contributed by atoms with Crippen LogP contribution in [0.3, 0.4) is 0 Å². The third-order valence-electron chi connectivity index (χ3n) is 3.28. The van der Waals surface area contributed by atoms with Crippen LogP contribution in [-0.2, 0) is 6.54 Å². The summed E-state index contributed by atoms with van der Waals surface area (Å²) in [6, 6.07) is 6.49. The van der Waals surface area contributed by atoms with E-state index in [-0.39, 0.29) is 0 Å². The van der Waals surface area contributed by atoms with E-state index in [1.165, 1.54) is 12.8 Å². The van der Waals surface area contributed by atoms with Gasteiger partial charge in [0, 0.05) is 18.2 Å². The van der Waals surface area contributed by atoms with Crippen molar-refractivity contribution in [1.29, 1.82) is 0 Å². The van der Waals surface area contributed by atoms with Crippen molar-refractivity contribution in [3.8, 4) is 11.5 Å². The summed E-state index contributed by atoms with van der Waals surface area (Å²) in [5.74, 6) is 1.68. The second-order valence-electron chi connectivity index (χ2n) is 5.47.